The van der Waals surface area contributed by atoms with E-state index in [9.17, 15) is 9.59 Å². The SMILES string of the molecule is O=C(O)CCCNC(=O)Nc1ccc(-n2cnnn2)cc1. The summed E-state index contributed by atoms with van der Waals surface area (Å²) in [7, 11) is 0. The van der Waals surface area contributed by atoms with E-state index in [1.54, 1.807) is 24.3 Å². The van der Waals surface area contributed by atoms with Crippen LogP contribution in [0.4, 0.5) is 10.5 Å². The Labute approximate surface area is 120 Å². The van der Waals surface area contributed by atoms with Gasteiger partial charge < -0.3 is 15.7 Å². The summed E-state index contributed by atoms with van der Waals surface area (Å²) < 4.78 is 1.50. The standard InChI is InChI=1S/C12H14N6O3/c19-11(20)2-1-7-13-12(21)15-9-3-5-10(6-4-9)18-8-14-16-17-18/h3-6,8H,1-2,7H2,(H,19,20)(H2,13,15,21). The molecule has 0 fully saturated rings. The highest BCUT2D eigenvalue weighted by molar-refractivity contribution is 5.89. The number of carbonyl (C=O) groups is 2. The van der Waals surface area contributed by atoms with E-state index in [4.69, 9.17) is 5.11 Å². The third-order valence-electron chi connectivity index (χ3n) is 2.59. The lowest BCUT2D eigenvalue weighted by atomic mass is 10.3. The quantitative estimate of drug-likeness (QED) is 0.671. The van der Waals surface area contributed by atoms with Crippen molar-refractivity contribution in [2.24, 2.45) is 0 Å². The van der Waals surface area contributed by atoms with Gasteiger partial charge in [0.25, 0.3) is 0 Å². The number of anilines is 1. The minimum absolute atomic E-state index is 0.0287. The number of carboxylic acid groups (broad SMARTS) is 1. The minimum Gasteiger partial charge on any atom is -0.481 e. The molecule has 0 radical (unpaired) electrons. The van der Waals surface area contributed by atoms with Crippen molar-refractivity contribution >= 4 is 17.7 Å². The van der Waals surface area contributed by atoms with Crippen LogP contribution in [-0.4, -0.2) is 43.9 Å². The molecule has 0 saturated heterocycles. The fraction of sp³-hybridized carbons (Fsp3) is 0.250. The molecule has 21 heavy (non-hydrogen) atoms. The van der Waals surface area contributed by atoms with Crippen LogP contribution >= 0.6 is 0 Å². The first-order valence-electron chi connectivity index (χ1n) is 6.25. The second-order valence-corrected chi connectivity index (χ2v) is 4.18. The second kappa shape index (κ2) is 6.98. The van der Waals surface area contributed by atoms with Crippen molar-refractivity contribution in [3.8, 4) is 5.69 Å². The molecular weight excluding hydrogens is 276 g/mol. The summed E-state index contributed by atoms with van der Waals surface area (Å²) in [4.78, 5) is 21.9. The minimum atomic E-state index is -0.879. The number of hydrogen-bond donors (Lipinski definition) is 3. The summed E-state index contributed by atoms with van der Waals surface area (Å²) in [5, 5.41) is 24.5. The molecule has 0 spiro atoms. The van der Waals surface area contributed by atoms with Gasteiger partial charge in [-0.1, -0.05) is 0 Å². The number of tetrazole rings is 1. The highest BCUT2D eigenvalue weighted by Crippen LogP contribution is 2.11. The maximum atomic E-state index is 11.6. The van der Waals surface area contributed by atoms with Crippen molar-refractivity contribution in [3.63, 3.8) is 0 Å². The van der Waals surface area contributed by atoms with Crippen LogP contribution in [0.2, 0.25) is 0 Å². The molecule has 110 valence electrons. The molecule has 0 bridgehead atoms. The molecule has 0 unspecified atom stereocenters. The largest absolute Gasteiger partial charge is 0.481 e. The first-order chi connectivity index (χ1) is 10.1. The lowest BCUT2D eigenvalue weighted by molar-refractivity contribution is -0.137. The Bertz CT molecular complexity index is 596. The molecule has 2 aromatic rings. The first kappa shape index (κ1) is 14.4. The number of urea groups is 1. The third-order valence-corrected chi connectivity index (χ3v) is 2.59. The molecule has 0 aliphatic heterocycles. The van der Waals surface area contributed by atoms with Gasteiger partial charge in [-0.15, -0.1) is 5.10 Å². The van der Waals surface area contributed by atoms with Crippen LogP contribution in [0.3, 0.4) is 0 Å². The smallest absolute Gasteiger partial charge is 0.319 e. The highest BCUT2D eigenvalue weighted by atomic mass is 16.4. The molecule has 9 nitrogen and oxygen atoms in total. The van der Waals surface area contributed by atoms with Gasteiger partial charge >= 0.3 is 12.0 Å². The average molecular weight is 290 g/mol. The van der Waals surface area contributed by atoms with E-state index < -0.39 is 5.97 Å². The van der Waals surface area contributed by atoms with E-state index in [0.29, 0.717) is 18.7 Å². The Kier molecular flexibility index (Phi) is 4.80. The van der Waals surface area contributed by atoms with E-state index in [1.807, 2.05) is 0 Å². The van der Waals surface area contributed by atoms with Crippen LogP contribution in [0.15, 0.2) is 30.6 Å². The van der Waals surface area contributed by atoms with E-state index in [2.05, 4.69) is 26.2 Å². The Balaban J connectivity index is 1.80. The van der Waals surface area contributed by atoms with Gasteiger partial charge in [0.05, 0.1) is 5.69 Å². The predicted molar refractivity (Wildman–Crippen MR) is 73.0 cm³/mol. The molecule has 0 aliphatic carbocycles. The van der Waals surface area contributed by atoms with Gasteiger partial charge in [-0.2, -0.15) is 0 Å². The van der Waals surface area contributed by atoms with Gasteiger partial charge in [0.15, 0.2) is 0 Å². The van der Waals surface area contributed by atoms with Crippen LogP contribution in [0.25, 0.3) is 5.69 Å². The number of benzene rings is 1. The van der Waals surface area contributed by atoms with Crippen LogP contribution in [0.1, 0.15) is 12.8 Å². The summed E-state index contributed by atoms with van der Waals surface area (Å²) in [5.74, 6) is -0.879. The van der Waals surface area contributed by atoms with Crippen LogP contribution in [-0.2, 0) is 4.79 Å². The molecule has 2 amide bonds. The van der Waals surface area contributed by atoms with Crippen LogP contribution in [0.5, 0.6) is 0 Å². The van der Waals surface area contributed by atoms with Crippen LogP contribution < -0.4 is 10.6 Å². The topological polar surface area (TPSA) is 122 Å². The van der Waals surface area contributed by atoms with Crippen molar-refractivity contribution in [2.75, 3.05) is 11.9 Å². The number of nitrogens with one attached hydrogen (secondary N) is 2. The van der Waals surface area contributed by atoms with Gasteiger partial charge in [-0.25, -0.2) is 9.48 Å². The molecule has 0 atom stereocenters. The first-order valence-corrected chi connectivity index (χ1v) is 6.25. The van der Waals surface area contributed by atoms with Gasteiger partial charge in [0.2, 0.25) is 0 Å². The molecule has 1 aromatic heterocycles. The Morgan fingerprint density at radius 3 is 2.62 bits per heavy atom. The zero-order valence-electron chi connectivity index (χ0n) is 11.1. The summed E-state index contributed by atoms with van der Waals surface area (Å²) >= 11 is 0. The zero-order valence-corrected chi connectivity index (χ0v) is 11.1. The second-order valence-electron chi connectivity index (χ2n) is 4.18. The maximum absolute atomic E-state index is 11.6. The van der Waals surface area contributed by atoms with E-state index in [0.717, 1.165) is 5.69 Å². The number of nitrogens with zero attached hydrogens (tertiary/aromatic N) is 4. The highest BCUT2D eigenvalue weighted by Gasteiger charge is 2.03. The number of amides is 2. The fourth-order valence-corrected chi connectivity index (χ4v) is 1.59. The number of aromatic nitrogens is 4. The zero-order chi connectivity index (χ0) is 15.1. The molecule has 3 N–H and O–H groups in total. The lowest BCUT2D eigenvalue weighted by Crippen LogP contribution is -2.29. The normalized spacial score (nSPS) is 10.1. The molecule has 1 heterocycles. The van der Waals surface area contributed by atoms with Gasteiger partial charge in [0, 0.05) is 18.7 Å². The summed E-state index contributed by atoms with van der Waals surface area (Å²) in [6, 6.07) is 6.57. The number of hydrogen-bond acceptors (Lipinski definition) is 5. The lowest BCUT2D eigenvalue weighted by Gasteiger charge is -2.07. The Morgan fingerprint density at radius 1 is 1.24 bits per heavy atom. The maximum Gasteiger partial charge on any atom is 0.319 e. The van der Waals surface area contributed by atoms with Gasteiger partial charge in [-0.3, -0.25) is 4.79 Å². The van der Waals surface area contributed by atoms with Crippen LogP contribution in [0, 0.1) is 0 Å². The molecule has 0 saturated carbocycles. The van der Waals surface area contributed by atoms with E-state index in [-0.39, 0.29) is 12.5 Å². The van der Waals surface area contributed by atoms with Crippen molar-refractivity contribution < 1.29 is 14.7 Å². The number of rotatable bonds is 6. The number of aliphatic carboxylic acids is 1. The van der Waals surface area contributed by atoms with Gasteiger partial charge in [0.1, 0.15) is 6.33 Å². The molecule has 0 aliphatic rings. The number of carboxylic acids is 1. The number of carbonyl (C=O) groups excluding carboxylic acids is 1. The summed E-state index contributed by atoms with van der Waals surface area (Å²) in [6.07, 6.45) is 1.89. The average Bonchev–Trinajstić information content (AvgIpc) is 2.98. The monoisotopic (exact) mass is 290 g/mol. The third kappa shape index (κ3) is 4.56. The van der Waals surface area contributed by atoms with E-state index >= 15 is 0 Å². The molecule has 2 rings (SSSR count). The summed E-state index contributed by atoms with van der Waals surface area (Å²) in [5.41, 5.74) is 1.38. The van der Waals surface area contributed by atoms with E-state index in [1.165, 1.54) is 11.0 Å². The molecule has 9 heteroatoms. The van der Waals surface area contributed by atoms with Crippen molar-refractivity contribution in [3.05, 3.63) is 30.6 Å². The Morgan fingerprint density at radius 2 is 2.00 bits per heavy atom. The fourth-order valence-electron chi connectivity index (χ4n) is 1.59. The van der Waals surface area contributed by atoms with Gasteiger partial charge in [-0.05, 0) is 41.1 Å². The summed E-state index contributed by atoms with van der Waals surface area (Å²) in [6.45, 7) is 0.306. The van der Waals surface area contributed by atoms with Crippen molar-refractivity contribution in [1.82, 2.24) is 25.5 Å². The van der Waals surface area contributed by atoms with Crippen molar-refractivity contribution in [1.29, 1.82) is 0 Å². The molecule has 1 aromatic carbocycles. The Hall–Kier alpha value is -2.97. The van der Waals surface area contributed by atoms with Crippen molar-refractivity contribution in [2.45, 2.75) is 12.8 Å². The predicted octanol–water partition coefficient (Wildman–Crippen LogP) is 0.649. The molecular formula is C12H14N6O3.